The predicted octanol–water partition coefficient (Wildman–Crippen LogP) is 1.47. The largest absolute Gasteiger partial charge is 0.316 e. The van der Waals surface area contributed by atoms with Crippen molar-refractivity contribution >= 4 is 22.4 Å². The van der Waals surface area contributed by atoms with Gasteiger partial charge >= 0.3 is 0 Å². The molecule has 1 saturated heterocycles. The number of hydrogen-bond donors (Lipinski definition) is 1. The topological polar surface area (TPSA) is 49.4 Å². The molecule has 1 aliphatic carbocycles. The zero-order valence-electron chi connectivity index (χ0n) is 11.3. The van der Waals surface area contributed by atoms with E-state index in [1.807, 2.05) is 0 Å². The summed E-state index contributed by atoms with van der Waals surface area (Å²) < 4.78 is 25.4. The first-order valence-electron chi connectivity index (χ1n) is 6.57. The average Bonchev–Trinajstić information content (AvgIpc) is 2.62. The van der Waals surface area contributed by atoms with Crippen molar-refractivity contribution in [1.29, 1.82) is 0 Å². The lowest BCUT2D eigenvalue weighted by Crippen LogP contribution is -2.39. The Morgan fingerprint density at radius 3 is 2.39 bits per heavy atom. The van der Waals surface area contributed by atoms with Crippen molar-refractivity contribution in [2.24, 2.45) is 11.3 Å². The van der Waals surface area contributed by atoms with Crippen LogP contribution in [0.15, 0.2) is 0 Å². The van der Waals surface area contributed by atoms with E-state index in [1.165, 1.54) is 36.4 Å². The Kier molecular flexibility index (Phi) is 5.47. The van der Waals surface area contributed by atoms with E-state index in [9.17, 15) is 8.42 Å². The molecule has 0 radical (unpaired) electrons. The van der Waals surface area contributed by atoms with Gasteiger partial charge in [0.2, 0.25) is 10.0 Å². The van der Waals surface area contributed by atoms with Gasteiger partial charge in [-0.2, -0.15) is 0 Å². The second kappa shape index (κ2) is 6.07. The molecule has 1 atom stereocenters. The highest BCUT2D eigenvalue weighted by molar-refractivity contribution is 7.89. The summed E-state index contributed by atoms with van der Waals surface area (Å²) in [5.41, 5.74) is 0.265. The molecule has 1 aliphatic heterocycles. The van der Waals surface area contributed by atoms with E-state index < -0.39 is 10.0 Å². The average molecular weight is 297 g/mol. The maximum atomic E-state index is 12.0. The lowest BCUT2D eigenvalue weighted by molar-refractivity contribution is 0.160. The lowest BCUT2D eigenvalue weighted by Gasteiger charge is -2.38. The van der Waals surface area contributed by atoms with Crippen LogP contribution in [0, 0.1) is 11.3 Å². The van der Waals surface area contributed by atoms with Crippen molar-refractivity contribution in [3.8, 4) is 0 Å². The molecule has 108 valence electrons. The molecule has 1 saturated carbocycles. The summed E-state index contributed by atoms with van der Waals surface area (Å²) in [6, 6.07) is 0. The first kappa shape index (κ1) is 16.2. The van der Waals surface area contributed by atoms with Crippen LogP contribution >= 0.6 is 12.4 Å². The third kappa shape index (κ3) is 3.18. The number of nitrogens with one attached hydrogen (secondary N) is 1. The summed E-state index contributed by atoms with van der Waals surface area (Å²) in [6.45, 7) is 1.88. The highest BCUT2D eigenvalue weighted by atomic mass is 35.5. The van der Waals surface area contributed by atoms with Gasteiger partial charge in [-0.15, -0.1) is 12.4 Å². The summed E-state index contributed by atoms with van der Waals surface area (Å²) in [5, 5.41) is 3.41. The fourth-order valence-electron chi connectivity index (χ4n) is 3.34. The summed E-state index contributed by atoms with van der Waals surface area (Å²) in [7, 11) is 0.197. The number of nitrogens with zero attached hydrogens (tertiary/aromatic N) is 1. The Balaban J connectivity index is 0.00000162. The van der Waals surface area contributed by atoms with Gasteiger partial charge in [-0.05, 0) is 30.7 Å². The number of halogens is 1. The summed E-state index contributed by atoms with van der Waals surface area (Å²) in [4.78, 5) is 0. The molecule has 0 aromatic rings. The van der Waals surface area contributed by atoms with Crippen LogP contribution in [0.4, 0.5) is 0 Å². The third-order valence-electron chi connectivity index (χ3n) is 4.55. The molecule has 1 spiro atoms. The van der Waals surface area contributed by atoms with Gasteiger partial charge in [0.1, 0.15) is 0 Å². The Labute approximate surface area is 117 Å². The monoisotopic (exact) mass is 296 g/mol. The van der Waals surface area contributed by atoms with Crippen LogP contribution in [0.2, 0.25) is 0 Å². The number of rotatable bonds is 3. The standard InChI is InChI=1S/C12H24N2O2S.ClH/c1-14(2)17(15,16)9-11-8-13-10-12(11)6-4-3-5-7-12;/h11,13H,3-10H2,1-2H3;1H. The quantitative estimate of drug-likeness (QED) is 0.858. The molecule has 0 amide bonds. The molecular weight excluding hydrogens is 272 g/mol. The molecule has 2 fully saturated rings. The molecule has 0 aromatic heterocycles. The zero-order chi connectivity index (χ0) is 12.5. The zero-order valence-corrected chi connectivity index (χ0v) is 12.9. The Bertz CT molecular complexity index is 364. The SMILES string of the molecule is CN(C)S(=O)(=O)CC1CNCC12CCCCC2.Cl. The van der Waals surface area contributed by atoms with Crippen LogP contribution in [0.1, 0.15) is 32.1 Å². The van der Waals surface area contributed by atoms with E-state index in [4.69, 9.17) is 0 Å². The maximum Gasteiger partial charge on any atom is 0.213 e. The fraction of sp³-hybridized carbons (Fsp3) is 1.00. The van der Waals surface area contributed by atoms with Gasteiger partial charge in [0.05, 0.1) is 5.75 Å². The first-order chi connectivity index (χ1) is 7.96. The van der Waals surface area contributed by atoms with Crippen molar-refractivity contribution in [2.75, 3.05) is 32.9 Å². The smallest absolute Gasteiger partial charge is 0.213 e. The minimum atomic E-state index is -3.06. The highest BCUT2D eigenvalue weighted by Gasteiger charge is 2.45. The van der Waals surface area contributed by atoms with Gasteiger partial charge < -0.3 is 5.32 Å². The highest BCUT2D eigenvalue weighted by Crippen LogP contribution is 2.45. The first-order valence-corrected chi connectivity index (χ1v) is 8.18. The lowest BCUT2D eigenvalue weighted by atomic mass is 9.68. The van der Waals surface area contributed by atoms with Crippen LogP contribution in [0.25, 0.3) is 0 Å². The van der Waals surface area contributed by atoms with E-state index in [1.54, 1.807) is 14.1 Å². The molecule has 4 nitrogen and oxygen atoms in total. The van der Waals surface area contributed by atoms with Gasteiger partial charge in [0, 0.05) is 20.6 Å². The summed E-state index contributed by atoms with van der Waals surface area (Å²) in [6.07, 6.45) is 6.25. The minimum absolute atomic E-state index is 0. The van der Waals surface area contributed by atoms with Crippen LogP contribution in [0.5, 0.6) is 0 Å². The molecular formula is C12H25ClN2O2S. The van der Waals surface area contributed by atoms with Gasteiger partial charge in [0.25, 0.3) is 0 Å². The van der Waals surface area contributed by atoms with Crippen LogP contribution in [-0.2, 0) is 10.0 Å². The fourth-order valence-corrected chi connectivity index (χ4v) is 4.61. The van der Waals surface area contributed by atoms with Gasteiger partial charge in [-0.25, -0.2) is 12.7 Å². The van der Waals surface area contributed by atoms with Crippen molar-refractivity contribution in [3.05, 3.63) is 0 Å². The van der Waals surface area contributed by atoms with Crippen molar-refractivity contribution in [2.45, 2.75) is 32.1 Å². The maximum absolute atomic E-state index is 12.0. The van der Waals surface area contributed by atoms with Crippen molar-refractivity contribution < 1.29 is 8.42 Å². The molecule has 6 heteroatoms. The molecule has 1 heterocycles. The van der Waals surface area contributed by atoms with Crippen LogP contribution < -0.4 is 5.32 Å². The van der Waals surface area contributed by atoms with E-state index in [0.29, 0.717) is 11.7 Å². The summed E-state index contributed by atoms with van der Waals surface area (Å²) in [5.74, 6) is 0.614. The van der Waals surface area contributed by atoms with Crippen molar-refractivity contribution in [3.63, 3.8) is 0 Å². The van der Waals surface area contributed by atoms with E-state index in [2.05, 4.69) is 5.32 Å². The number of sulfonamides is 1. The molecule has 1 N–H and O–H groups in total. The van der Waals surface area contributed by atoms with Gasteiger partial charge in [-0.1, -0.05) is 19.3 Å². The molecule has 0 aromatic carbocycles. The predicted molar refractivity (Wildman–Crippen MR) is 76.6 cm³/mol. The second-order valence-electron chi connectivity index (χ2n) is 5.81. The second-order valence-corrected chi connectivity index (χ2v) is 8.04. The Morgan fingerprint density at radius 1 is 1.22 bits per heavy atom. The van der Waals surface area contributed by atoms with Crippen molar-refractivity contribution in [1.82, 2.24) is 9.62 Å². The van der Waals surface area contributed by atoms with E-state index in [-0.39, 0.29) is 17.8 Å². The Hall–Kier alpha value is 0.160. The normalized spacial score (nSPS) is 27.4. The molecule has 1 unspecified atom stereocenters. The van der Waals surface area contributed by atoms with Crippen LogP contribution in [-0.4, -0.2) is 45.7 Å². The van der Waals surface area contributed by atoms with Gasteiger partial charge in [0.15, 0.2) is 0 Å². The van der Waals surface area contributed by atoms with E-state index >= 15 is 0 Å². The molecule has 2 aliphatic rings. The van der Waals surface area contributed by atoms with Crippen LogP contribution in [0.3, 0.4) is 0 Å². The Morgan fingerprint density at radius 2 is 1.83 bits per heavy atom. The number of hydrogen-bond acceptors (Lipinski definition) is 3. The molecule has 18 heavy (non-hydrogen) atoms. The third-order valence-corrected chi connectivity index (χ3v) is 6.49. The molecule has 2 rings (SSSR count). The van der Waals surface area contributed by atoms with E-state index in [0.717, 1.165) is 13.1 Å². The minimum Gasteiger partial charge on any atom is -0.316 e. The van der Waals surface area contributed by atoms with Gasteiger partial charge in [-0.3, -0.25) is 0 Å². The summed E-state index contributed by atoms with van der Waals surface area (Å²) >= 11 is 0. The molecule has 0 bridgehead atoms.